The molecule has 0 aliphatic heterocycles. The number of sulfonamides is 1. The molecule has 0 unspecified atom stereocenters. The van der Waals surface area contributed by atoms with Crippen molar-refractivity contribution in [2.75, 3.05) is 13.2 Å². The molecular formula is C9H14N2O5S2. The first-order chi connectivity index (χ1) is 8.21. The molecule has 0 heterocycles. The highest BCUT2D eigenvalue weighted by molar-refractivity contribution is 7.89. The van der Waals surface area contributed by atoms with Crippen molar-refractivity contribution in [1.29, 1.82) is 0 Å². The minimum absolute atomic E-state index is 0.101. The summed E-state index contributed by atoms with van der Waals surface area (Å²) in [6, 6.07) is 6.24. The summed E-state index contributed by atoms with van der Waals surface area (Å²) in [5.41, 5.74) is 0.937. The Bertz CT molecular complexity index is 592. The molecule has 0 saturated heterocycles. The minimum atomic E-state index is -4.05. The first kappa shape index (κ1) is 15.1. The van der Waals surface area contributed by atoms with E-state index in [0.717, 1.165) is 5.56 Å². The SMILES string of the molecule is Cc1ccc(S(=O)(=O)NCCOS(N)(=O)=O)cc1. The van der Waals surface area contributed by atoms with Crippen LogP contribution in [0.1, 0.15) is 5.56 Å². The van der Waals surface area contributed by atoms with Crippen molar-refractivity contribution in [3.63, 3.8) is 0 Å². The summed E-state index contributed by atoms with van der Waals surface area (Å²) in [5.74, 6) is 0. The molecule has 3 N–H and O–H groups in total. The summed E-state index contributed by atoms with van der Waals surface area (Å²) in [7, 11) is -7.71. The van der Waals surface area contributed by atoms with Gasteiger partial charge in [0.25, 0.3) is 0 Å². The van der Waals surface area contributed by atoms with Gasteiger partial charge in [-0.25, -0.2) is 18.3 Å². The fraction of sp³-hybridized carbons (Fsp3) is 0.333. The molecule has 0 fully saturated rings. The Morgan fingerprint density at radius 3 is 2.22 bits per heavy atom. The van der Waals surface area contributed by atoms with Crippen LogP contribution in [0.15, 0.2) is 29.2 Å². The molecule has 18 heavy (non-hydrogen) atoms. The van der Waals surface area contributed by atoms with Gasteiger partial charge in [-0.2, -0.15) is 8.42 Å². The molecule has 1 aromatic rings. The van der Waals surface area contributed by atoms with Crippen LogP contribution in [0.2, 0.25) is 0 Å². The lowest BCUT2D eigenvalue weighted by atomic mass is 10.2. The molecule has 7 nitrogen and oxygen atoms in total. The van der Waals surface area contributed by atoms with Gasteiger partial charge in [-0.3, -0.25) is 4.18 Å². The van der Waals surface area contributed by atoms with Gasteiger partial charge in [0.1, 0.15) is 0 Å². The predicted octanol–water partition coefficient (Wildman–Crippen LogP) is -0.507. The van der Waals surface area contributed by atoms with Crippen molar-refractivity contribution in [3.05, 3.63) is 29.8 Å². The normalized spacial score (nSPS) is 12.6. The lowest BCUT2D eigenvalue weighted by Gasteiger charge is -2.06. The Hall–Kier alpha value is -1.00. The van der Waals surface area contributed by atoms with E-state index in [0.29, 0.717) is 0 Å². The van der Waals surface area contributed by atoms with Gasteiger partial charge in [0.15, 0.2) is 0 Å². The zero-order valence-electron chi connectivity index (χ0n) is 9.66. The summed E-state index contributed by atoms with van der Waals surface area (Å²) in [6.07, 6.45) is 0. The van der Waals surface area contributed by atoms with Gasteiger partial charge >= 0.3 is 10.3 Å². The third-order valence-electron chi connectivity index (χ3n) is 1.97. The van der Waals surface area contributed by atoms with Gasteiger partial charge in [0, 0.05) is 6.54 Å². The van der Waals surface area contributed by atoms with Crippen molar-refractivity contribution in [3.8, 4) is 0 Å². The number of nitrogens with one attached hydrogen (secondary N) is 1. The third-order valence-corrected chi connectivity index (χ3v) is 3.95. The molecule has 102 valence electrons. The van der Waals surface area contributed by atoms with Crippen molar-refractivity contribution >= 4 is 20.3 Å². The molecule has 0 spiro atoms. The molecule has 0 saturated carbocycles. The van der Waals surface area contributed by atoms with E-state index >= 15 is 0 Å². The molecule has 0 aliphatic carbocycles. The Labute approximate surface area is 106 Å². The van der Waals surface area contributed by atoms with E-state index in [1.54, 1.807) is 12.1 Å². The molecule has 9 heteroatoms. The number of benzene rings is 1. The Balaban J connectivity index is 2.58. The van der Waals surface area contributed by atoms with E-state index in [4.69, 9.17) is 0 Å². The van der Waals surface area contributed by atoms with Gasteiger partial charge in [-0.15, -0.1) is 0 Å². The number of hydrogen-bond acceptors (Lipinski definition) is 5. The number of aryl methyl sites for hydroxylation is 1. The van der Waals surface area contributed by atoms with Crippen LogP contribution in [0.5, 0.6) is 0 Å². The van der Waals surface area contributed by atoms with Crippen LogP contribution < -0.4 is 9.86 Å². The molecule has 0 aliphatic rings. The summed E-state index contributed by atoms with van der Waals surface area (Å²) >= 11 is 0. The first-order valence-electron chi connectivity index (χ1n) is 4.94. The van der Waals surface area contributed by atoms with E-state index in [1.807, 2.05) is 6.92 Å². The van der Waals surface area contributed by atoms with Crippen molar-refractivity contribution < 1.29 is 21.0 Å². The Morgan fingerprint density at radius 2 is 1.72 bits per heavy atom. The largest absolute Gasteiger partial charge is 0.333 e. The topological polar surface area (TPSA) is 116 Å². The molecule has 0 bridgehead atoms. The van der Waals surface area contributed by atoms with E-state index in [1.165, 1.54) is 12.1 Å². The Kier molecular flexibility index (Phi) is 4.82. The molecule has 1 rings (SSSR count). The third kappa shape index (κ3) is 5.10. The van der Waals surface area contributed by atoms with Crippen LogP contribution in [-0.4, -0.2) is 30.0 Å². The van der Waals surface area contributed by atoms with Crippen LogP contribution in [-0.2, 0) is 24.5 Å². The summed E-state index contributed by atoms with van der Waals surface area (Å²) in [4.78, 5) is 0.101. The molecule has 0 amide bonds. The van der Waals surface area contributed by atoms with Gasteiger partial charge in [0.05, 0.1) is 11.5 Å². The van der Waals surface area contributed by atoms with Crippen LogP contribution in [0.25, 0.3) is 0 Å². The summed E-state index contributed by atoms with van der Waals surface area (Å²) in [6.45, 7) is 1.29. The maximum atomic E-state index is 11.7. The quantitative estimate of drug-likeness (QED) is 0.686. The lowest BCUT2D eigenvalue weighted by molar-refractivity contribution is 0.323. The standard InChI is InChI=1S/C9H14N2O5S2/c1-8-2-4-9(5-3-8)17(12,13)11-6-7-16-18(10,14)15/h2-5,11H,6-7H2,1H3,(H2,10,14,15). The first-order valence-corrected chi connectivity index (χ1v) is 7.90. The molecule has 0 radical (unpaired) electrons. The fourth-order valence-corrected chi connectivity index (χ4v) is 2.46. The van der Waals surface area contributed by atoms with Crippen LogP contribution in [0, 0.1) is 6.92 Å². The van der Waals surface area contributed by atoms with Gasteiger partial charge in [-0.05, 0) is 19.1 Å². The zero-order chi connectivity index (χ0) is 13.8. The van der Waals surface area contributed by atoms with Crippen LogP contribution in [0.3, 0.4) is 0 Å². The monoisotopic (exact) mass is 294 g/mol. The zero-order valence-corrected chi connectivity index (χ0v) is 11.3. The highest BCUT2D eigenvalue weighted by Gasteiger charge is 2.13. The van der Waals surface area contributed by atoms with E-state index in [9.17, 15) is 16.8 Å². The fourth-order valence-electron chi connectivity index (χ4n) is 1.13. The van der Waals surface area contributed by atoms with Crippen LogP contribution in [0.4, 0.5) is 0 Å². The van der Waals surface area contributed by atoms with E-state index in [-0.39, 0.29) is 18.0 Å². The van der Waals surface area contributed by atoms with E-state index in [2.05, 4.69) is 14.0 Å². The number of hydrogen-bond donors (Lipinski definition) is 2. The smallest absolute Gasteiger partial charge is 0.257 e. The van der Waals surface area contributed by atoms with E-state index < -0.39 is 20.3 Å². The summed E-state index contributed by atoms with van der Waals surface area (Å²) in [5, 5.41) is 4.59. The second-order valence-corrected chi connectivity index (χ2v) is 6.51. The summed E-state index contributed by atoms with van der Waals surface area (Å²) < 4.78 is 50.7. The van der Waals surface area contributed by atoms with Crippen molar-refractivity contribution in [1.82, 2.24) is 4.72 Å². The maximum absolute atomic E-state index is 11.7. The van der Waals surface area contributed by atoms with Gasteiger partial charge in [0.2, 0.25) is 10.0 Å². The van der Waals surface area contributed by atoms with Gasteiger partial charge < -0.3 is 0 Å². The minimum Gasteiger partial charge on any atom is -0.257 e. The predicted molar refractivity (Wildman–Crippen MR) is 65.4 cm³/mol. The molecule has 0 atom stereocenters. The Morgan fingerprint density at radius 1 is 1.17 bits per heavy atom. The number of nitrogens with two attached hydrogens (primary N) is 1. The van der Waals surface area contributed by atoms with Crippen molar-refractivity contribution in [2.45, 2.75) is 11.8 Å². The maximum Gasteiger partial charge on any atom is 0.333 e. The molecule has 0 aromatic heterocycles. The number of rotatable bonds is 6. The average molecular weight is 294 g/mol. The highest BCUT2D eigenvalue weighted by Crippen LogP contribution is 2.09. The highest BCUT2D eigenvalue weighted by atomic mass is 32.2. The van der Waals surface area contributed by atoms with Crippen molar-refractivity contribution in [2.24, 2.45) is 5.14 Å². The van der Waals surface area contributed by atoms with Gasteiger partial charge in [-0.1, -0.05) is 17.7 Å². The second kappa shape index (κ2) is 5.76. The lowest BCUT2D eigenvalue weighted by Crippen LogP contribution is -2.29. The molecular weight excluding hydrogens is 280 g/mol. The molecule has 1 aromatic carbocycles. The second-order valence-electron chi connectivity index (χ2n) is 3.53. The average Bonchev–Trinajstić information content (AvgIpc) is 2.24. The van der Waals surface area contributed by atoms with Crippen LogP contribution >= 0.6 is 0 Å².